The number of H-pyrrole nitrogens is 1. The van der Waals surface area contributed by atoms with Gasteiger partial charge in [0.05, 0.1) is 6.54 Å². The predicted molar refractivity (Wildman–Crippen MR) is 71.5 cm³/mol. The number of nitrogens with one attached hydrogen (secondary N) is 1. The number of aromatic carboxylic acids is 1. The van der Waals surface area contributed by atoms with Crippen molar-refractivity contribution in [2.45, 2.75) is 6.54 Å². The van der Waals surface area contributed by atoms with Gasteiger partial charge in [-0.15, -0.1) is 0 Å². The summed E-state index contributed by atoms with van der Waals surface area (Å²) in [5.74, 6) is -1.34. The minimum atomic E-state index is -1.34. The first kappa shape index (κ1) is 13.3. The lowest BCUT2D eigenvalue weighted by Gasteiger charge is -2.10. The van der Waals surface area contributed by atoms with Crippen molar-refractivity contribution in [2.24, 2.45) is 0 Å². The van der Waals surface area contributed by atoms with Gasteiger partial charge in [0.15, 0.2) is 5.69 Å². The standard InChI is InChI=1S/C12H9BrN2O4/c13-8-9(11(17)18)15(12(19)14-10(8)16)6-7-4-2-1-3-5-7/h1-5H,6H2,(H,17,18)(H,14,16,19). The van der Waals surface area contributed by atoms with E-state index in [0.29, 0.717) is 0 Å². The summed E-state index contributed by atoms with van der Waals surface area (Å²) in [7, 11) is 0. The van der Waals surface area contributed by atoms with Crippen molar-refractivity contribution >= 4 is 21.9 Å². The molecule has 1 heterocycles. The molecule has 0 bridgehead atoms. The molecule has 19 heavy (non-hydrogen) atoms. The van der Waals surface area contributed by atoms with Gasteiger partial charge in [0.2, 0.25) is 0 Å². The average Bonchev–Trinajstić information content (AvgIpc) is 2.37. The van der Waals surface area contributed by atoms with Crippen molar-refractivity contribution in [3.8, 4) is 0 Å². The number of carboxylic acids is 1. The average molecular weight is 325 g/mol. The van der Waals surface area contributed by atoms with Gasteiger partial charge in [0.25, 0.3) is 5.56 Å². The van der Waals surface area contributed by atoms with Crippen LogP contribution >= 0.6 is 15.9 Å². The summed E-state index contributed by atoms with van der Waals surface area (Å²) >= 11 is 2.89. The Morgan fingerprint density at radius 1 is 1.26 bits per heavy atom. The summed E-state index contributed by atoms with van der Waals surface area (Å²) in [6, 6.07) is 8.89. The Labute approximate surface area is 115 Å². The van der Waals surface area contributed by atoms with Crippen LogP contribution in [0.5, 0.6) is 0 Å². The lowest BCUT2D eigenvalue weighted by Crippen LogP contribution is -2.35. The molecule has 2 rings (SSSR count). The zero-order valence-corrected chi connectivity index (χ0v) is 11.2. The second-order valence-corrected chi connectivity index (χ2v) is 4.59. The van der Waals surface area contributed by atoms with Gasteiger partial charge in [-0.2, -0.15) is 0 Å². The van der Waals surface area contributed by atoms with Crippen LogP contribution in [0.15, 0.2) is 44.4 Å². The molecule has 2 aromatic rings. The Hall–Kier alpha value is -2.15. The van der Waals surface area contributed by atoms with Crippen LogP contribution in [0.4, 0.5) is 0 Å². The molecule has 0 fully saturated rings. The van der Waals surface area contributed by atoms with E-state index in [2.05, 4.69) is 20.9 Å². The van der Waals surface area contributed by atoms with Crippen molar-refractivity contribution in [2.75, 3.05) is 0 Å². The Bertz CT molecular complexity index is 734. The fourth-order valence-corrected chi connectivity index (χ4v) is 2.16. The lowest BCUT2D eigenvalue weighted by atomic mass is 10.2. The first-order valence-electron chi connectivity index (χ1n) is 5.30. The first-order valence-corrected chi connectivity index (χ1v) is 6.10. The molecule has 0 aliphatic rings. The number of halogens is 1. The maximum atomic E-state index is 11.7. The van der Waals surface area contributed by atoms with Crippen LogP contribution in [-0.2, 0) is 6.54 Å². The van der Waals surface area contributed by atoms with Gasteiger partial charge >= 0.3 is 11.7 Å². The maximum absolute atomic E-state index is 11.7. The van der Waals surface area contributed by atoms with Crippen molar-refractivity contribution in [3.05, 3.63) is 66.9 Å². The third-order valence-corrected chi connectivity index (χ3v) is 3.26. The molecule has 98 valence electrons. The number of aromatic amines is 1. The number of carbonyl (C=O) groups is 1. The molecule has 0 spiro atoms. The number of carboxylic acid groups (broad SMARTS) is 1. The van der Waals surface area contributed by atoms with Gasteiger partial charge in [-0.3, -0.25) is 14.3 Å². The van der Waals surface area contributed by atoms with E-state index in [-0.39, 0.29) is 16.7 Å². The van der Waals surface area contributed by atoms with E-state index in [1.807, 2.05) is 6.07 Å². The van der Waals surface area contributed by atoms with E-state index in [1.165, 1.54) is 0 Å². The molecule has 1 aromatic heterocycles. The third kappa shape index (κ3) is 2.65. The monoisotopic (exact) mass is 324 g/mol. The highest BCUT2D eigenvalue weighted by Crippen LogP contribution is 2.11. The minimum Gasteiger partial charge on any atom is -0.477 e. The van der Waals surface area contributed by atoms with Crippen LogP contribution in [0, 0.1) is 0 Å². The highest BCUT2D eigenvalue weighted by atomic mass is 79.9. The van der Waals surface area contributed by atoms with Gasteiger partial charge in [-0.1, -0.05) is 30.3 Å². The van der Waals surface area contributed by atoms with Crippen molar-refractivity contribution in [1.29, 1.82) is 0 Å². The smallest absolute Gasteiger partial charge is 0.354 e. The van der Waals surface area contributed by atoms with Gasteiger partial charge in [0.1, 0.15) is 4.47 Å². The minimum absolute atomic E-state index is 0.0662. The molecule has 0 radical (unpaired) electrons. The Kier molecular flexibility index (Phi) is 3.66. The highest BCUT2D eigenvalue weighted by molar-refractivity contribution is 9.10. The Balaban J connectivity index is 2.63. The molecule has 0 saturated heterocycles. The molecule has 6 nitrogen and oxygen atoms in total. The van der Waals surface area contributed by atoms with E-state index in [0.717, 1.165) is 10.1 Å². The maximum Gasteiger partial charge on any atom is 0.354 e. The topological polar surface area (TPSA) is 92.2 Å². The molecular formula is C12H9BrN2O4. The van der Waals surface area contributed by atoms with E-state index in [9.17, 15) is 14.4 Å². The van der Waals surface area contributed by atoms with Crippen LogP contribution < -0.4 is 11.2 Å². The molecule has 0 atom stereocenters. The van der Waals surface area contributed by atoms with E-state index in [1.54, 1.807) is 24.3 Å². The van der Waals surface area contributed by atoms with E-state index < -0.39 is 17.2 Å². The number of hydrogen-bond donors (Lipinski definition) is 2. The third-order valence-electron chi connectivity index (χ3n) is 2.53. The quantitative estimate of drug-likeness (QED) is 0.882. The summed E-state index contributed by atoms with van der Waals surface area (Å²) in [6.07, 6.45) is 0. The summed E-state index contributed by atoms with van der Waals surface area (Å²) in [4.78, 5) is 36.4. The number of benzene rings is 1. The summed E-state index contributed by atoms with van der Waals surface area (Å²) in [6.45, 7) is 0.0662. The fraction of sp³-hybridized carbons (Fsp3) is 0.0833. The van der Waals surface area contributed by atoms with E-state index >= 15 is 0 Å². The molecule has 0 amide bonds. The molecule has 2 N–H and O–H groups in total. The van der Waals surface area contributed by atoms with Crippen molar-refractivity contribution in [3.63, 3.8) is 0 Å². The largest absolute Gasteiger partial charge is 0.477 e. The Morgan fingerprint density at radius 2 is 1.89 bits per heavy atom. The summed E-state index contributed by atoms with van der Waals surface area (Å²) in [5.41, 5.74) is -1.12. The van der Waals surface area contributed by atoms with Gasteiger partial charge in [-0.05, 0) is 21.5 Å². The van der Waals surface area contributed by atoms with Crippen LogP contribution in [0.25, 0.3) is 0 Å². The normalized spacial score (nSPS) is 10.4. The van der Waals surface area contributed by atoms with Crippen molar-refractivity contribution in [1.82, 2.24) is 9.55 Å². The molecule has 0 aliphatic carbocycles. The molecular weight excluding hydrogens is 316 g/mol. The fourth-order valence-electron chi connectivity index (χ4n) is 1.67. The zero-order valence-electron chi connectivity index (χ0n) is 9.59. The van der Waals surface area contributed by atoms with Crippen LogP contribution in [0.1, 0.15) is 16.1 Å². The SMILES string of the molecule is O=C(O)c1c(Br)c(=O)[nH]c(=O)n1Cc1ccccc1. The van der Waals surface area contributed by atoms with Gasteiger partial charge in [-0.25, -0.2) is 9.59 Å². The summed E-state index contributed by atoms with van der Waals surface area (Å²) in [5, 5.41) is 9.13. The summed E-state index contributed by atoms with van der Waals surface area (Å²) < 4.78 is 0.832. The first-order chi connectivity index (χ1) is 9.00. The molecule has 1 aromatic carbocycles. The molecule has 0 unspecified atom stereocenters. The molecule has 0 saturated carbocycles. The second kappa shape index (κ2) is 5.23. The number of nitrogens with zero attached hydrogens (tertiary/aromatic N) is 1. The zero-order chi connectivity index (χ0) is 14.0. The van der Waals surface area contributed by atoms with E-state index in [4.69, 9.17) is 5.11 Å². The van der Waals surface area contributed by atoms with Gasteiger partial charge in [0, 0.05) is 0 Å². The number of aromatic nitrogens is 2. The van der Waals surface area contributed by atoms with Gasteiger partial charge < -0.3 is 5.11 Å². The highest BCUT2D eigenvalue weighted by Gasteiger charge is 2.19. The molecule has 7 heteroatoms. The number of hydrogen-bond acceptors (Lipinski definition) is 3. The second-order valence-electron chi connectivity index (χ2n) is 3.80. The van der Waals surface area contributed by atoms with Crippen molar-refractivity contribution < 1.29 is 9.90 Å². The Morgan fingerprint density at radius 3 is 2.47 bits per heavy atom. The van der Waals surface area contributed by atoms with Crippen LogP contribution in [-0.4, -0.2) is 20.6 Å². The van der Waals surface area contributed by atoms with Crippen LogP contribution in [0.2, 0.25) is 0 Å². The van der Waals surface area contributed by atoms with Crippen LogP contribution in [0.3, 0.4) is 0 Å². The predicted octanol–water partition coefficient (Wildman–Crippen LogP) is 1.05. The molecule has 0 aliphatic heterocycles. The lowest BCUT2D eigenvalue weighted by molar-refractivity contribution is 0.0682. The number of rotatable bonds is 3.